The molecule has 2 N–H and O–H groups in total. The summed E-state index contributed by atoms with van der Waals surface area (Å²) in [5.74, 6) is -0.962. The fourth-order valence-electron chi connectivity index (χ4n) is 3.12. The van der Waals surface area contributed by atoms with Gasteiger partial charge in [0.25, 0.3) is 11.8 Å². The van der Waals surface area contributed by atoms with E-state index in [2.05, 4.69) is 10.6 Å². The second-order valence-electron chi connectivity index (χ2n) is 7.35. The Morgan fingerprint density at radius 2 is 1.06 bits per heavy atom. The maximum absolute atomic E-state index is 12.4. The van der Waals surface area contributed by atoms with Crippen molar-refractivity contribution in [3.8, 4) is 12.1 Å². The summed E-state index contributed by atoms with van der Waals surface area (Å²) >= 11 is 0. The second kappa shape index (κ2) is 12.2. The Kier molecular flexibility index (Phi) is 8.50. The van der Waals surface area contributed by atoms with E-state index >= 15 is 0 Å². The summed E-state index contributed by atoms with van der Waals surface area (Å²) < 4.78 is 0. The van der Waals surface area contributed by atoms with Crippen LogP contribution in [-0.2, 0) is 22.7 Å². The predicted molar refractivity (Wildman–Crippen MR) is 130 cm³/mol. The lowest BCUT2D eigenvalue weighted by Gasteiger charge is -2.05. The zero-order chi connectivity index (χ0) is 24.2. The summed E-state index contributed by atoms with van der Waals surface area (Å²) in [5, 5.41) is 24.4. The van der Waals surface area contributed by atoms with Crippen molar-refractivity contribution in [3.63, 3.8) is 0 Å². The van der Waals surface area contributed by atoms with Crippen LogP contribution in [0.5, 0.6) is 0 Å². The van der Waals surface area contributed by atoms with Crippen molar-refractivity contribution >= 4 is 24.0 Å². The highest BCUT2D eigenvalue weighted by atomic mass is 16.2. The third kappa shape index (κ3) is 7.05. The molecule has 3 aromatic rings. The fourth-order valence-corrected chi connectivity index (χ4v) is 3.12. The molecule has 0 saturated carbocycles. The van der Waals surface area contributed by atoms with Crippen molar-refractivity contribution in [2.24, 2.45) is 0 Å². The molecule has 3 aromatic carbocycles. The average molecular weight is 447 g/mol. The van der Waals surface area contributed by atoms with Crippen LogP contribution in [0.4, 0.5) is 0 Å². The molecule has 2 amide bonds. The Labute approximate surface area is 198 Å². The topological polar surface area (TPSA) is 106 Å². The summed E-state index contributed by atoms with van der Waals surface area (Å²) in [6, 6.07) is 29.6. The lowest BCUT2D eigenvalue weighted by atomic mass is 10.1. The number of hydrogen-bond acceptors (Lipinski definition) is 4. The molecule has 0 aliphatic carbocycles. The van der Waals surface area contributed by atoms with Gasteiger partial charge in [-0.25, -0.2) is 0 Å². The maximum Gasteiger partial charge on any atom is 0.262 e. The monoisotopic (exact) mass is 446 g/mol. The molecule has 6 heteroatoms. The molecule has 0 radical (unpaired) electrons. The minimum absolute atomic E-state index is 0.0434. The Morgan fingerprint density at radius 3 is 1.44 bits per heavy atom. The van der Waals surface area contributed by atoms with E-state index < -0.39 is 11.8 Å². The predicted octanol–water partition coefficient (Wildman–Crippen LogP) is 4.13. The first kappa shape index (κ1) is 23.7. The van der Waals surface area contributed by atoms with E-state index in [1.165, 1.54) is 12.2 Å². The van der Waals surface area contributed by atoms with Crippen LogP contribution in [-0.4, -0.2) is 11.8 Å². The van der Waals surface area contributed by atoms with Crippen molar-refractivity contribution in [2.75, 3.05) is 0 Å². The van der Waals surface area contributed by atoms with E-state index in [1.54, 1.807) is 24.3 Å². The molecule has 0 spiro atoms. The first-order chi connectivity index (χ1) is 16.6. The fraction of sp³-hybridized carbons (Fsp3) is 0.0714. The Balaban J connectivity index is 1.70. The summed E-state index contributed by atoms with van der Waals surface area (Å²) in [6.07, 6.45) is 2.94. The van der Waals surface area contributed by atoms with Gasteiger partial charge in [0.05, 0.1) is 0 Å². The standard InChI is InChI=1S/C28H22N4O2/c29-17-25(27(33)31-19-21-8-3-1-4-9-21)15-23-12-7-13-24(14-23)16-26(18-30)28(34)32-20-22-10-5-2-6-11-22/h1-16H,19-20H2,(H,31,33)(H,32,34). The Morgan fingerprint density at radius 1 is 0.647 bits per heavy atom. The molecule has 0 aliphatic heterocycles. The molecule has 0 fully saturated rings. The van der Waals surface area contributed by atoms with Crippen LogP contribution in [0, 0.1) is 22.7 Å². The van der Waals surface area contributed by atoms with Gasteiger partial charge in [0, 0.05) is 13.1 Å². The van der Waals surface area contributed by atoms with Gasteiger partial charge in [0.15, 0.2) is 0 Å². The second-order valence-corrected chi connectivity index (χ2v) is 7.35. The first-order valence-electron chi connectivity index (χ1n) is 10.6. The quantitative estimate of drug-likeness (QED) is 0.401. The van der Waals surface area contributed by atoms with Gasteiger partial charge in [-0.1, -0.05) is 78.9 Å². The lowest BCUT2D eigenvalue weighted by Crippen LogP contribution is -2.24. The summed E-state index contributed by atoms with van der Waals surface area (Å²) in [4.78, 5) is 24.9. The number of carbonyl (C=O) groups excluding carboxylic acids is 2. The largest absolute Gasteiger partial charge is 0.347 e. The highest BCUT2D eigenvalue weighted by molar-refractivity contribution is 6.02. The van der Waals surface area contributed by atoms with Crippen LogP contribution < -0.4 is 10.6 Å². The smallest absolute Gasteiger partial charge is 0.262 e. The van der Waals surface area contributed by atoms with Crippen LogP contribution in [0.15, 0.2) is 96.1 Å². The molecule has 3 rings (SSSR count). The van der Waals surface area contributed by atoms with E-state index in [0.717, 1.165) is 11.1 Å². The van der Waals surface area contributed by atoms with Crippen LogP contribution in [0.1, 0.15) is 22.3 Å². The molecule has 0 atom stereocenters. The molecule has 6 nitrogen and oxygen atoms in total. The molecular formula is C28H22N4O2. The highest BCUT2D eigenvalue weighted by Gasteiger charge is 2.11. The van der Waals surface area contributed by atoms with Gasteiger partial charge in [-0.2, -0.15) is 10.5 Å². The van der Waals surface area contributed by atoms with Gasteiger partial charge < -0.3 is 10.6 Å². The van der Waals surface area contributed by atoms with Crippen LogP contribution >= 0.6 is 0 Å². The van der Waals surface area contributed by atoms with E-state index in [0.29, 0.717) is 24.2 Å². The minimum Gasteiger partial charge on any atom is -0.347 e. The molecule has 0 unspecified atom stereocenters. The number of nitrogens with one attached hydrogen (secondary N) is 2. The van der Waals surface area contributed by atoms with E-state index in [1.807, 2.05) is 72.8 Å². The Hall–Kier alpha value is -4.94. The lowest BCUT2D eigenvalue weighted by molar-refractivity contribution is -0.118. The van der Waals surface area contributed by atoms with Crippen molar-refractivity contribution in [3.05, 3.63) is 118 Å². The third-order valence-electron chi connectivity index (χ3n) is 4.85. The van der Waals surface area contributed by atoms with Gasteiger partial charge in [-0.3, -0.25) is 9.59 Å². The molecule has 0 heterocycles. The number of amides is 2. The molecular weight excluding hydrogens is 424 g/mol. The SMILES string of the molecule is N#CC(=Cc1cccc(C=C(C#N)C(=O)NCc2ccccc2)c1)C(=O)NCc1ccccc1. The van der Waals surface area contributed by atoms with E-state index in [4.69, 9.17) is 0 Å². The van der Waals surface area contributed by atoms with E-state index in [9.17, 15) is 20.1 Å². The molecule has 0 aromatic heterocycles. The van der Waals surface area contributed by atoms with Gasteiger partial charge >= 0.3 is 0 Å². The van der Waals surface area contributed by atoms with Crippen molar-refractivity contribution < 1.29 is 9.59 Å². The number of benzene rings is 3. The van der Waals surface area contributed by atoms with Crippen LogP contribution in [0.3, 0.4) is 0 Å². The zero-order valence-electron chi connectivity index (χ0n) is 18.4. The van der Waals surface area contributed by atoms with Gasteiger partial charge in [-0.05, 0) is 40.5 Å². The summed E-state index contributed by atoms with van der Waals surface area (Å²) in [7, 11) is 0. The molecule has 34 heavy (non-hydrogen) atoms. The minimum atomic E-state index is -0.481. The third-order valence-corrected chi connectivity index (χ3v) is 4.85. The van der Waals surface area contributed by atoms with Gasteiger partial charge in [-0.15, -0.1) is 0 Å². The Bertz CT molecular complexity index is 1200. The number of hydrogen-bond donors (Lipinski definition) is 2. The number of nitrogens with zero attached hydrogens (tertiary/aromatic N) is 2. The maximum atomic E-state index is 12.4. The van der Waals surface area contributed by atoms with E-state index in [-0.39, 0.29) is 11.1 Å². The van der Waals surface area contributed by atoms with Gasteiger partial charge in [0.1, 0.15) is 23.3 Å². The molecule has 0 bridgehead atoms. The highest BCUT2D eigenvalue weighted by Crippen LogP contribution is 2.14. The van der Waals surface area contributed by atoms with Gasteiger partial charge in [0.2, 0.25) is 0 Å². The molecule has 0 saturated heterocycles. The number of carbonyl (C=O) groups is 2. The first-order valence-corrected chi connectivity index (χ1v) is 10.6. The summed E-state index contributed by atoms with van der Waals surface area (Å²) in [6.45, 7) is 0.621. The van der Waals surface area contributed by atoms with Crippen LogP contribution in [0.25, 0.3) is 12.2 Å². The average Bonchev–Trinajstić information content (AvgIpc) is 2.89. The molecule has 0 aliphatic rings. The number of rotatable bonds is 8. The molecule has 166 valence electrons. The zero-order valence-corrected chi connectivity index (χ0v) is 18.4. The summed E-state index contributed by atoms with van der Waals surface area (Å²) in [5.41, 5.74) is 2.96. The van der Waals surface area contributed by atoms with Crippen LogP contribution in [0.2, 0.25) is 0 Å². The van der Waals surface area contributed by atoms with Crippen molar-refractivity contribution in [2.45, 2.75) is 13.1 Å². The normalized spacial score (nSPS) is 11.1. The van der Waals surface area contributed by atoms with Crippen molar-refractivity contribution in [1.29, 1.82) is 10.5 Å². The van der Waals surface area contributed by atoms with Crippen molar-refractivity contribution in [1.82, 2.24) is 10.6 Å². The number of nitriles is 2.